The second kappa shape index (κ2) is 4.06. The van der Waals surface area contributed by atoms with Gasteiger partial charge in [0.05, 0.1) is 0 Å². The number of halogens is 1. The van der Waals surface area contributed by atoms with Crippen LogP contribution in [-0.4, -0.2) is 17.3 Å². The summed E-state index contributed by atoms with van der Waals surface area (Å²) < 4.78 is 0.638. The van der Waals surface area contributed by atoms with Gasteiger partial charge in [0.15, 0.2) is 5.78 Å². The quantitative estimate of drug-likeness (QED) is 0.635. The number of Topliss-reactive ketones (excluding diaryl/α,β-unsaturated/α-hetero) is 1. The average Bonchev–Trinajstić information content (AvgIpc) is 2.05. The van der Waals surface area contributed by atoms with E-state index in [4.69, 9.17) is 5.53 Å². The average molecular weight is 228 g/mol. The molecule has 5 heteroatoms. The van der Waals surface area contributed by atoms with Crippen LogP contribution >= 0.6 is 15.9 Å². The van der Waals surface area contributed by atoms with Crippen LogP contribution in [0.1, 0.15) is 10.4 Å². The highest BCUT2D eigenvalue weighted by atomic mass is 79.9. The van der Waals surface area contributed by atoms with Gasteiger partial charge in [-0.2, -0.15) is 5.11 Å². The molecule has 1 aromatic heterocycles. The van der Waals surface area contributed by atoms with Crippen LogP contribution in [0.5, 0.6) is 0 Å². The van der Waals surface area contributed by atoms with E-state index in [-0.39, 0.29) is 12.3 Å². The summed E-state index contributed by atoms with van der Waals surface area (Å²) >= 11 is 3.18. The molecular formula is C7H6BrN3O. The van der Waals surface area contributed by atoms with Crippen molar-refractivity contribution < 1.29 is 4.79 Å². The van der Waals surface area contributed by atoms with E-state index in [1.165, 1.54) is 12.4 Å². The van der Waals surface area contributed by atoms with Gasteiger partial charge in [-0.25, -0.2) is 5.53 Å². The number of ketones is 1. The number of carbonyl (C=O) groups excluding carboxylic acids is 1. The van der Waals surface area contributed by atoms with E-state index in [9.17, 15) is 4.79 Å². The van der Waals surface area contributed by atoms with Crippen molar-refractivity contribution in [2.75, 3.05) is 6.54 Å². The largest absolute Gasteiger partial charge is 0.292 e. The zero-order valence-electron chi connectivity index (χ0n) is 6.12. The summed E-state index contributed by atoms with van der Waals surface area (Å²) in [5.74, 6) is -0.181. The van der Waals surface area contributed by atoms with Crippen molar-refractivity contribution in [3.63, 3.8) is 0 Å². The third kappa shape index (κ3) is 1.94. The Labute approximate surface area is 77.6 Å². The molecule has 0 amide bonds. The number of hydrogen-bond acceptors (Lipinski definition) is 4. The molecule has 0 bridgehead atoms. The highest BCUT2D eigenvalue weighted by Crippen LogP contribution is 2.14. The van der Waals surface area contributed by atoms with Crippen LogP contribution in [0.4, 0.5) is 0 Å². The molecule has 1 heterocycles. The molecule has 0 unspecified atom stereocenters. The van der Waals surface area contributed by atoms with Gasteiger partial charge in [0, 0.05) is 22.4 Å². The summed E-state index contributed by atoms with van der Waals surface area (Å²) in [6.45, 7) is -0.109. The molecule has 0 atom stereocenters. The summed E-state index contributed by atoms with van der Waals surface area (Å²) in [6, 6.07) is 1.59. The predicted octanol–water partition coefficient (Wildman–Crippen LogP) is 2.06. The van der Waals surface area contributed by atoms with Gasteiger partial charge in [-0.15, -0.1) is 0 Å². The van der Waals surface area contributed by atoms with Crippen LogP contribution in [0.15, 0.2) is 28.0 Å². The lowest BCUT2D eigenvalue weighted by molar-refractivity contribution is 0.0999. The topological polar surface area (TPSA) is 66.2 Å². The monoisotopic (exact) mass is 227 g/mol. The molecule has 12 heavy (non-hydrogen) atoms. The van der Waals surface area contributed by atoms with Crippen molar-refractivity contribution in [1.82, 2.24) is 4.98 Å². The second-order valence-corrected chi connectivity index (χ2v) is 2.95. The minimum absolute atomic E-state index is 0.109. The number of nitrogens with one attached hydrogen (secondary N) is 1. The molecule has 0 aliphatic rings. The molecule has 1 N–H and O–H groups in total. The summed E-state index contributed by atoms with van der Waals surface area (Å²) in [4.78, 5) is 15.0. The normalized spacial score (nSPS) is 9.42. The Hall–Kier alpha value is -1.10. The van der Waals surface area contributed by atoms with Crippen molar-refractivity contribution in [3.8, 4) is 0 Å². The predicted molar refractivity (Wildman–Crippen MR) is 46.3 cm³/mol. The molecule has 0 aliphatic heterocycles. The van der Waals surface area contributed by atoms with Crippen molar-refractivity contribution in [2.45, 2.75) is 0 Å². The summed E-state index contributed by atoms with van der Waals surface area (Å²) in [7, 11) is 0. The lowest BCUT2D eigenvalue weighted by Crippen LogP contribution is -2.03. The van der Waals surface area contributed by atoms with Gasteiger partial charge >= 0.3 is 0 Å². The zero-order valence-corrected chi connectivity index (χ0v) is 7.71. The first kappa shape index (κ1) is 8.99. The Bertz CT molecular complexity index is 313. The fourth-order valence-electron chi connectivity index (χ4n) is 0.758. The van der Waals surface area contributed by atoms with Gasteiger partial charge in [0.1, 0.15) is 6.54 Å². The van der Waals surface area contributed by atoms with E-state index in [0.717, 1.165) is 0 Å². The molecular weight excluding hydrogens is 222 g/mol. The summed E-state index contributed by atoms with van der Waals surface area (Å²) in [6.07, 6.45) is 3.07. The minimum Gasteiger partial charge on any atom is -0.292 e. The van der Waals surface area contributed by atoms with Crippen molar-refractivity contribution >= 4 is 21.7 Å². The van der Waals surface area contributed by atoms with E-state index in [2.05, 4.69) is 26.0 Å². The summed E-state index contributed by atoms with van der Waals surface area (Å²) in [5.41, 5.74) is 7.04. The second-order valence-electron chi connectivity index (χ2n) is 2.09. The van der Waals surface area contributed by atoms with Crippen LogP contribution < -0.4 is 0 Å². The molecule has 0 aromatic carbocycles. The number of pyridine rings is 1. The van der Waals surface area contributed by atoms with E-state index in [0.29, 0.717) is 10.0 Å². The lowest BCUT2D eigenvalue weighted by atomic mass is 10.2. The highest BCUT2D eigenvalue weighted by Gasteiger charge is 2.07. The van der Waals surface area contributed by atoms with Crippen LogP contribution in [-0.2, 0) is 0 Å². The van der Waals surface area contributed by atoms with Crippen molar-refractivity contribution in [3.05, 3.63) is 28.5 Å². The molecule has 0 saturated carbocycles. The SMILES string of the molecule is N=NCC(=O)c1ccncc1Br. The molecule has 0 saturated heterocycles. The Morgan fingerprint density at radius 1 is 1.75 bits per heavy atom. The first-order valence-corrected chi connectivity index (χ1v) is 4.01. The Kier molecular flexibility index (Phi) is 3.04. The molecule has 0 radical (unpaired) electrons. The Balaban J connectivity index is 2.94. The number of aromatic nitrogens is 1. The van der Waals surface area contributed by atoms with Gasteiger partial charge in [-0.05, 0) is 22.0 Å². The van der Waals surface area contributed by atoms with E-state index >= 15 is 0 Å². The fourth-order valence-corrected chi connectivity index (χ4v) is 1.23. The standard InChI is InChI=1S/C7H6BrN3O/c8-6-3-10-2-1-5(6)7(12)4-11-9/h1-3,9H,4H2. The van der Waals surface area contributed by atoms with Crippen LogP contribution in [0.3, 0.4) is 0 Å². The maximum atomic E-state index is 11.2. The van der Waals surface area contributed by atoms with Crippen molar-refractivity contribution in [2.24, 2.45) is 5.11 Å². The third-order valence-corrected chi connectivity index (χ3v) is 1.93. The van der Waals surface area contributed by atoms with Crippen molar-refractivity contribution in [1.29, 1.82) is 5.53 Å². The lowest BCUT2D eigenvalue weighted by Gasteiger charge is -1.98. The maximum absolute atomic E-state index is 11.2. The van der Waals surface area contributed by atoms with Gasteiger partial charge in [0.25, 0.3) is 0 Å². The molecule has 0 fully saturated rings. The number of rotatable bonds is 3. The van der Waals surface area contributed by atoms with Gasteiger partial charge < -0.3 is 0 Å². The number of nitrogens with zero attached hydrogens (tertiary/aromatic N) is 2. The molecule has 0 aliphatic carbocycles. The van der Waals surface area contributed by atoms with Crippen LogP contribution in [0, 0.1) is 5.53 Å². The molecule has 1 rings (SSSR count). The number of carbonyl (C=O) groups is 1. The van der Waals surface area contributed by atoms with Crippen LogP contribution in [0.2, 0.25) is 0 Å². The smallest absolute Gasteiger partial charge is 0.187 e. The highest BCUT2D eigenvalue weighted by molar-refractivity contribution is 9.10. The first-order valence-electron chi connectivity index (χ1n) is 3.21. The molecule has 1 aromatic rings. The zero-order chi connectivity index (χ0) is 8.97. The maximum Gasteiger partial charge on any atom is 0.187 e. The first-order chi connectivity index (χ1) is 5.75. The van der Waals surface area contributed by atoms with E-state index in [1.807, 2.05) is 0 Å². The minimum atomic E-state index is -0.181. The van der Waals surface area contributed by atoms with Gasteiger partial charge in [-0.3, -0.25) is 9.78 Å². The molecule has 62 valence electrons. The molecule has 4 nitrogen and oxygen atoms in total. The third-order valence-electron chi connectivity index (χ3n) is 1.30. The number of hydrogen-bond donors (Lipinski definition) is 1. The fraction of sp³-hybridized carbons (Fsp3) is 0.143. The van der Waals surface area contributed by atoms with E-state index in [1.54, 1.807) is 6.07 Å². The van der Waals surface area contributed by atoms with Gasteiger partial charge in [0.2, 0.25) is 0 Å². The van der Waals surface area contributed by atoms with E-state index < -0.39 is 0 Å². The Morgan fingerprint density at radius 2 is 2.50 bits per heavy atom. The van der Waals surface area contributed by atoms with Crippen LogP contribution in [0.25, 0.3) is 0 Å². The summed E-state index contributed by atoms with van der Waals surface area (Å²) in [5, 5.41) is 3.01. The molecule has 0 spiro atoms. The van der Waals surface area contributed by atoms with Gasteiger partial charge in [-0.1, -0.05) is 0 Å². The Morgan fingerprint density at radius 3 is 3.08 bits per heavy atom.